The molecule has 0 fully saturated rings. The van der Waals surface area contributed by atoms with Crippen LogP contribution in [0.15, 0.2) is 0 Å². The van der Waals surface area contributed by atoms with Gasteiger partial charge in [-0.25, -0.2) is 13.6 Å². The molecule has 50 valence electrons. The second-order valence-corrected chi connectivity index (χ2v) is 3.99. The van der Waals surface area contributed by atoms with Crippen LogP contribution in [-0.4, -0.2) is 19.0 Å². The molecule has 0 saturated heterocycles. The van der Waals surface area contributed by atoms with Gasteiger partial charge >= 0.3 is 0 Å². The number of sulfonamides is 1. The summed E-state index contributed by atoms with van der Waals surface area (Å²) in [6, 6.07) is 0. The fourth-order valence-electron chi connectivity index (χ4n) is 0.0878. The van der Waals surface area contributed by atoms with Gasteiger partial charge in [0.2, 0.25) is 10.0 Å². The molecule has 0 heterocycles. The van der Waals surface area contributed by atoms with Gasteiger partial charge in [-0.15, -0.1) is 23.2 Å². The highest BCUT2D eigenvalue weighted by Gasteiger charge is 2.15. The molecule has 0 radical (unpaired) electrons. The topological polar surface area (TPSA) is 60.2 Å². The zero-order valence-corrected chi connectivity index (χ0v) is 6.17. The van der Waals surface area contributed by atoms with Crippen LogP contribution in [0.1, 0.15) is 0 Å². The van der Waals surface area contributed by atoms with Gasteiger partial charge < -0.3 is 0 Å². The van der Waals surface area contributed by atoms with Gasteiger partial charge in [-0.05, 0) is 0 Å². The van der Waals surface area contributed by atoms with Crippen molar-refractivity contribution < 1.29 is 8.42 Å². The van der Waals surface area contributed by atoms with Gasteiger partial charge in [-0.3, -0.25) is 0 Å². The van der Waals surface area contributed by atoms with E-state index in [9.17, 15) is 8.42 Å². The molecule has 1 atom stereocenters. The number of hydrogen-bond acceptors (Lipinski definition) is 2. The van der Waals surface area contributed by atoms with E-state index in [-0.39, 0.29) is 5.88 Å². The van der Waals surface area contributed by atoms with Crippen molar-refractivity contribution in [1.29, 1.82) is 0 Å². The predicted octanol–water partition coefficient (Wildman–Crippen LogP) is 0.0786. The summed E-state index contributed by atoms with van der Waals surface area (Å²) in [6.45, 7) is 0. The van der Waals surface area contributed by atoms with Crippen molar-refractivity contribution in [3.05, 3.63) is 0 Å². The third kappa shape index (κ3) is 2.71. The van der Waals surface area contributed by atoms with Crippen LogP contribution >= 0.6 is 23.2 Å². The highest BCUT2D eigenvalue weighted by molar-refractivity contribution is 7.91. The third-order valence-electron chi connectivity index (χ3n) is 0.478. The zero-order valence-electron chi connectivity index (χ0n) is 3.84. The summed E-state index contributed by atoms with van der Waals surface area (Å²) in [4.78, 5) is 0. The molecular formula is C2H5Cl2NO2S. The molecule has 0 aliphatic carbocycles. The average molecular weight is 178 g/mol. The van der Waals surface area contributed by atoms with E-state index in [0.29, 0.717) is 0 Å². The van der Waals surface area contributed by atoms with Crippen LogP contribution in [0.2, 0.25) is 0 Å². The average Bonchev–Trinajstić information content (AvgIpc) is 1.62. The lowest BCUT2D eigenvalue weighted by atomic mass is 10.9. The van der Waals surface area contributed by atoms with Crippen molar-refractivity contribution >= 4 is 33.2 Å². The van der Waals surface area contributed by atoms with E-state index in [2.05, 4.69) is 5.14 Å². The van der Waals surface area contributed by atoms with Crippen LogP contribution in [-0.2, 0) is 10.0 Å². The van der Waals surface area contributed by atoms with Crippen LogP contribution < -0.4 is 5.14 Å². The van der Waals surface area contributed by atoms with Crippen LogP contribution in [0.5, 0.6) is 0 Å². The number of nitrogens with two attached hydrogens (primary N) is 1. The van der Waals surface area contributed by atoms with E-state index >= 15 is 0 Å². The van der Waals surface area contributed by atoms with Crippen LogP contribution in [0, 0.1) is 0 Å². The quantitative estimate of drug-likeness (QED) is 0.608. The number of hydrogen-bond donors (Lipinski definition) is 1. The van der Waals surface area contributed by atoms with Gasteiger partial charge in [0.1, 0.15) is 0 Å². The van der Waals surface area contributed by atoms with Crippen LogP contribution in [0.4, 0.5) is 0 Å². The molecule has 0 saturated carbocycles. The standard InChI is InChI=1S/C2H5Cl2NO2S/c3-1-2(4)8(5,6)7/h2H,1H2,(H2,5,6,7). The minimum absolute atomic E-state index is 0.180. The summed E-state index contributed by atoms with van der Waals surface area (Å²) in [7, 11) is -3.62. The van der Waals surface area contributed by atoms with Crippen molar-refractivity contribution in [1.82, 2.24) is 0 Å². The molecule has 0 aromatic rings. The molecule has 8 heavy (non-hydrogen) atoms. The summed E-state index contributed by atoms with van der Waals surface area (Å²) in [5.41, 5.74) is 0. The SMILES string of the molecule is NS(=O)(=O)C(Cl)CCl. The van der Waals surface area contributed by atoms with E-state index < -0.39 is 14.7 Å². The number of rotatable bonds is 2. The van der Waals surface area contributed by atoms with Gasteiger partial charge in [0.25, 0.3) is 0 Å². The maximum Gasteiger partial charge on any atom is 0.227 e. The van der Waals surface area contributed by atoms with Gasteiger partial charge in [0.05, 0.1) is 5.88 Å². The monoisotopic (exact) mass is 177 g/mol. The smallest absolute Gasteiger partial charge is 0.227 e. The Morgan fingerprint density at radius 1 is 1.62 bits per heavy atom. The van der Waals surface area contributed by atoms with Gasteiger partial charge in [0.15, 0.2) is 4.71 Å². The van der Waals surface area contributed by atoms with Crippen molar-refractivity contribution in [2.75, 3.05) is 5.88 Å². The van der Waals surface area contributed by atoms with Gasteiger partial charge in [-0.1, -0.05) is 0 Å². The Labute approximate surface area is 57.8 Å². The summed E-state index contributed by atoms with van der Waals surface area (Å²) in [5.74, 6) is -0.180. The van der Waals surface area contributed by atoms with Crippen LogP contribution in [0.25, 0.3) is 0 Å². The lowest BCUT2D eigenvalue weighted by Crippen LogP contribution is -2.24. The highest BCUT2D eigenvalue weighted by atomic mass is 35.5. The first-order valence-electron chi connectivity index (χ1n) is 1.70. The molecule has 0 aromatic heterocycles. The second kappa shape index (κ2) is 2.87. The van der Waals surface area contributed by atoms with Gasteiger partial charge in [0, 0.05) is 0 Å². The molecule has 0 bridgehead atoms. The largest absolute Gasteiger partial charge is 0.227 e. The van der Waals surface area contributed by atoms with Crippen molar-refractivity contribution in [3.63, 3.8) is 0 Å². The highest BCUT2D eigenvalue weighted by Crippen LogP contribution is 2.02. The maximum absolute atomic E-state index is 10.1. The summed E-state index contributed by atoms with van der Waals surface area (Å²) in [6.07, 6.45) is 0. The Morgan fingerprint density at radius 2 is 2.00 bits per heavy atom. The molecule has 0 aliphatic rings. The molecule has 0 aromatic carbocycles. The van der Waals surface area contributed by atoms with Crippen molar-refractivity contribution in [2.24, 2.45) is 5.14 Å². The van der Waals surface area contributed by atoms with E-state index in [1.54, 1.807) is 0 Å². The number of alkyl halides is 2. The third-order valence-corrected chi connectivity index (χ3v) is 2.91. The Bertz CT molecular complexity index is 153. The lowest BCUT2D eigenvalue weighted by molar-refractivity contribution is 0.596. The Morgan fingerprint density at radius 3 is 2.00 bits per heavy atom. The fourth-order valence-corrected chi connectivity index (χ4v) is 0.790. The molecule has 0 spiro atoms. The first-order valence-corrected chi connectivity index (χ1v) is 4.28. The summed E-state index contributed by atoms with van der Waals surface area (Å²) < 4.78 is 19.1. The maximum atomic E-state index is 10.1. The molecule has 2 N–H and O–H groups in total. The molecule has 0 amide bonds. The van der Waals surface area contributed by atoms with Crippen molar-refractivity contribution in [2.45, 2.75) is 4.71 Å². The van der Waals surface area contributed by atoms with E-state index in [1.165, 1.54) is 0 Å². The molecule has 3 nitrogen and oxygen atoms in total. The zero-order chi connectivity index (χ0) is 6.78. The summed E-state index contributed by atoms with van der Waals surface area (Å²) in [5, 5.41) is 4.55. The lowest BCUT2D eigenvalue weighted by Gasteiger charge is -1.98. The first-order chi connectivity index (χ1) is 3.48. The summed E-state index contributed by atoms with van der Waals surface area (Å²) >= 11 is 10.1. The van der Waals surface area contributed by atoms with Crippen LogP contribution in [0.3, 0.4) is 0 Å². The van der Waals surface area contributed by atoms with Crippen molar-refractivity contribution in [3.8, 4) is 0 Å². The predicted molar refractivity (Wildman–Crippen MR) is 33.5 cm³/mol. The first kappa shape index (κ1) is 8.49. The molecule has 0 aliphatic heterocycles. The molecule has 1 unspecified atom stereocenters. The van der Waals surface area contributed by atoms with E-state index in [1.807, 2.05) is 0 Å². The molecular weight excluding hydrogens is 173 g/mol. The molecule has 6 heteroatoms. The Balaban J connectivity index is 4.04. The minimum atomic E-state index is -3.62. The van der Waals surface area contributed by atoms with E-state index in [4.69, 9.17) is 23.2 Å². The van der Waals surface area contributed by atoms with E-state index in [0.717, 1.165) is 0 Å². The minimum Gasteiger partial charge on any atom is -0.227 e. The fraction of sp³-hybridized carbons (Fsp3) is 1.00. The Hall–Kier alpha value is 0.490. The normalized spacial score (nSPS) is 15.9. The molecule has 0 rings (SSSR count). The second-order valence-electron chi connectivity index (χ2n) is 1.15. The number of primary sulfonamides is 1. The van der Waals surface area contributed by atoms with Gasteiger partial charge in [-0.2, -0.15) is 0 Å². The Kier molecular flexibility index (Phi) is 3.04. The number of halogens is 2.